The molecule has 1 amide bonds. The predicted octanol–water partition coefficient (Wildman–Crippen LogP) is 2.08. The summed E-state index contributed by atoms with van der Waals surface area (Å²) in [5, 5.41) is 3.35. The summed E-state index contributed by atoms with van der Waals surface area (Å²) >= 11 is 0. The van der Waals surface area contributed by atoms with Crippen LogP contribution in [0.2, 0.25) is 0 Å². The number of carbonyl (C=O) groups excluding carboxylic acids is 1. The topological polar surface area (TPSA) is 67.3 Å². The molecule has 2 aliphatic rings. The van der Waals surface area contributed by atoms with Crippen LogP contribution in [0.25, 0.3) is 0 Å². The number of aryl methyl sites for hydroxylation is 1. The molecule has 1 fully saturated rings. The number of para-hydroxylation sites is 1. The minimum Gasteiger partial charge on any atom is -0.496 e. The maximum Gasteiger partial charge on any atom is 0.222 e. The van der Waals surface area contributed by atoms with Crippen LogP contribution in [0, 0.1) is 0 Å². The molecule has 2 aromatic rings. The number of rotatable bonds is 5. The van der Waals surface area contributed by atoms with Gasteiger partial charge in [-0.2, -0.15) is 0 Å². The molecule has 142 valence electrons. The average molecular weight is 366 g/mol. The molecule has 0 radical (unpaired) electrons. The third-order valence-corrected chi connectivity index (χ3v) is 5.53. The summed E-state index contributed by atoms with van der Waals surface area (Å²) in [6, 6.07) is 7.89. The third-order valence-electron chi connectivity index (χ3n) is 5.53. The number of aromatic nitrogens is 2. The standard InChI is InChI=1S/C21H26N4O2/c1-27-19-5-3-2-4-15(19)6-7-20(26)25-11-9-16(14-25)21-23-13-17-12-22-10-8-18(17)24-21/h2-5,13,16,22H,6-12,14H2,1H3/t16-/m0/s1. The number of nitrogens with zero attached hydrogens (tertiary/aromatic N) is 3. The van der Waals surface area contributed by atoms with E-state index in [1.807, 2.05) is 35.4 Å². The number of amides is 1. The second-order valence-corrected chi connectivity index (χ2v) is 7.26. The summed E-state index contributed by atoms with van der Waals surface area (Å²) in [4.78, 5) is 24.0. The van der Waals surface area contributed by atoms with E-state index in [0.29, 0.717) is 12.8 Å². The van der Waals surface area contributed by atoms with Crippen LogP contribution in [-0.2, 0) is 24.2 Å². The smallest absolute Gasteiger partial charge is 0.222 e. The van der Waals surface area contributed by atoms with Crippen LogP contribution in [0.4, 0.5) is 0 Å². The Bertz CT molecular complexity index is 824. The Morgan fingerprint density at radius 2 is 2.26 bits per heavy atom. The molecule has 0 aliphatic carbocycles. The fraction of sp³-hybridized carbons (Fsp3) is 0.476. The summed E-state index contributed by atoms with van der Waals surface area (Å²) in [6.45, 7) is 3.34. The van der Waals surface area contributed by atoms with E-state index in [0.717, 1.165) is 56.2 Å². The second-order valence-electron chi connectivity index (χ2n) is 7.26. The molecule has 1 atom stereocenters. The summed E-state index contributed by atoms with van der Waals surface area (Å²) in [5.74, 6) is 2.20. The van der Waals surface area contributed by atoms with Crippen LogP contribution in [0.5, 0.6) is 5.75 Å². The van der Waals surface area contributed by atoms with Gasteiger partial charge in [0.25, 0.3) is 0 Å². The van der Waals surface area contributed by atoms with Crippen molar-refractivity contribution in [3.63, 3.8) is 0 Å². The highest BCUT2D eigenvalue weighted by molar-refractivity contribution is 5.77. The van der Waals surface area contributed by atoms with Crippen molar-refractivity contribution < 1.29 is 9.53 Å². The normalized spacial score (nSPS) is 19.0. The van der Waals surface area contributed by atoms with Gasteiger partial charge in [0.2, 0.25) is 5.91 Å². The van der Waals surface area contributed by atoms with E-state index in [1.54, 1.807) is 7.11 Å². The van der Waals surface area contributed by atoms with Gasteiger partial charge in [-0.1, -0.05) is 18.2 Å². The van der Waals surface area contributed by atoms with Crippen molar-refractivity contribution in [3.05, 3.63) is 53.1 Å². The quantitative estimate of drug-likeness (QED) is 0.878. The largest absolute Gasteiger partial charge is 0.496 e. The summed E-state index contributed by atoms with van der Waals surface area (Å²) < 4.78 is 5.38. The zero-order valence-electron chi connectivity index (χ0n) is 15.8. The van der Waals surface area contributed by atoms with Crippen LogP contribution in [0.1, 0.15) is 41.4 Å². The molecule has 27 heavy (non-hydrogen) atoms. The Morgan fingerprint density at radius 3 is 3.15 bits per heavy atom. The van der Waals surface area contributed by atoms with Crippen LogP contribution < -0.4 is 10.1 Å². The van der Waals surface area contributed by atoms with Crippen LogP contribution in [-0.4, -0.2) is 47.5 Å². The lowest BCUT2D eigenvalue weighted by Crippen LogP contribution is -2.29. The molecular formula is C21H26N4O2. The molecule has 0 spiro atoms. The molecule has 1 saturated heterocycles. The SMILES string of the molecule is COc1ccccc1CCC(=O)N1CC[C@H](c2ncc3c(n2)CCNC3)C1. The van der Waals surface area contributed by atoms with Crippen molar-refractivity contribution in [2.45, 2.75) is 38.1 Å². The first kappa shape index (κ1) is 17.9. The summed E-state index contributed by atoms with van der Waals surface area (Å²) in [5.41, 5.74) is 3.45. The van der Waals surface area contributed by atoms with Gasteiger partial charge in [0.05, 0.1) is 7.11 Å². The van der Waals surface area contributed by atoms with Crippen LogP contribution in [0.15, 0.2) is 30.5 Å². The highest BCUT2D eigenvalue weighted by Gasteiger charge is 2.29. The molecule has 1 aromatic heterocycles. The van der Waals surface area contributed by atoms with Crippen LogP contribution >= 0.6 is 0 Å². The first-order chi connectivity index (χ1) is 13.2. The van der Waals surface area contributed by atoms with Gasteiger partial charge >= 0.3 is 0 Å². The fourth-order valence-corrected chi connectivity index (χ4v) is 3.95. The number of hydrogen-bond acceptors (Lipinski definition) is 5. The average Bonchev–Trinajstić information content (AvgIpc) is 3.22. The number of hydrogen-bond donors (Lipinski definition) is 1. The minimum atomic E-state index is 0.200. The Balaban J connectivity index is 1.35. The molecule has 0 bridgehead atoms. The minimum absolute atomic E-state index is 0.200. The molecule has 3 heterocycles. The van der Waals surface area contributed by atoms with Gasteiger partial charge in [-0.05, 0) is 24.5 Å². The van der Waals surface area contributed by atoms with Crippen molar-refractivity contribution in [2.75, 3.05) is 26.7 Å². The molecule has 0 unspecified atom stereocenters. The first-order valence-electron chi connectivity index (χ1n) is 9.69. The van der Waals surface area contributed by atoms with Crippen molar-refractivity contribution in [3.8, 4) is 5.75 Å². The van der Waals surface area contributed by atoms with E-state index in [-0.39, 0.29) is 11.8 Å². The molecule has 0 saturated carbocycles. The van der Waals surface area contributed by atoms with Gasteiger partial charge in [-0.15, -0.1) is 0 Å². The van der Waals surface area contributed by atoms with Gasteiger partial charge < -0.3 is 15.0 Å². The number of nitrogens with one attached hydrogen (secondary N) is 1. The molecule has 2 aliphatic heterocycles. The number of fused-ring (bicyclic) bond motifs is 1. The lowest BCUT2D eigenvalue weighted by Gasteiger charge is -2.19. The second kappa shape index (κ2) is 8.05. The highest BCUT2D eigenvalue weighted by atomic mass is 16.5. The third kappa shape index (κ3) is 3.95. The Hall–Kier alpha value is -2.47. The highest BCUT2D eigenvalue weighted by Crippen LogP contribution is 2.27. The zero-order valence-corrected chi connectivity index (χ0v) is 15.8. The Kier molecular flexibility index (Phi) is 5.34. The fourth-order valence-electron chi connectivity index (χ4n) is 3.95. The molecule has 6 nitrogen and oxygen atoms in total. The van der Waals surface area contributed by atoms with Crippen LogP contribution in [0.3, 0.4) is 0 Å². The van der Waals surface area contributed by atoms with Gasteiger partial charge in [0.15, 0.2) is 0 Å². The molecule has 6 heteroatoms. The van der Waals surface area contributed by atoms with E-state index in [9.17, 15) is 4.79 Å². The number of carbonyl (C=O) groups is 1. The van der Waals surface area contributed by atoms with Gasteiger partial charge in [-0.25, -0.2) is 9.97 Å². The van der Waals surface area contributed by atoms with Crippen molar-refractivity contribution in [1.29, 1.82) is 0 Å². The van der Waals surface area contributed by atoms with E-state index in [4.69, 9.17) is 9.72 Å². The van der Waals surface area contributed by atoms with Crippen molar-refractivity contribution in [2.24, 2.45) is 0 Å². The van der Waals surface area contributed by atoms with E-state index >= 15 is 0 Å². The van der Waals surface area contributed by atoms with E-state index in [2.05, 4.69) is 10.3 Å². The summed E-state index contributed by atoms with van der Waals surface area (Å²) in [6.07, 6.45) is 5.06. The number of likely N-dealkylation sites (tertiary alicyclic amines) is 1. The predicted molar refractivity (Wildman–Crippen MR) is 103 cm³/mol. The van der Waals surface area contributed by atoms with Gasteiger partial charge in [0.1, 0.15) is 11.6 Å². The Labute approximate surface area is 160 Å². The van der Waals surface area contributed by atoms with Crippen molar-refractivity contribution >= 4 is 5.91 Å². The monoisotopic (exact) mass is 366 g/mol. The maximum atomic E-state index is 12.7. The number of ether oxygens (including phenoxy) is 1. The van der Waals surface area contributed by atoms with E-state index < -0.39 is 0 Å². The lowest BCUT2D eigenvalue weighted by atomic mass is 10.1. The number of methoxy groups -OCH3 is 1. The molecule has 1 aromatic carbocycles. The van der Waals surface area contributed by atoms with Gasteiger partial charge in [-0.3, -0.25) is 4.79 Å². The Morgan fingerprint density at radius 1 is 1.37 bits per heavy atom. The van der Waals surface area contributed by atoms with Gasteiger partial charge in [0, 0.05) is 62.4 Å². The first-order valence-corrected chi connectivity index (χ1v) is 9.69. The summed E-state index contributed by atoms with van der Waals surface area (Å²) in [7, 11) is 1.67. The zero-order chi connectivity index (χ0) is 18.6. The lowest BCUT2D eigenvalue weighted by molar-refractivity contribution is -0.130. The number of benzene rings is 1. The maximum absolute atomic E-state index is 12.7. The molecule has 1 N–H and O–H groups in total. The molecular weight excluding hydrogens is 340 g/mol. The van der Waals surface area contributed by atoms with Crippen molar-refractivity contribution in [1.82, 2.24) is 20.2 Å². The molecule has 4 rings (SSSR count). The van der Waals surface area contributed by atoms with E-state index in [1.165, 1.54) is 11.3 Å².